The van der Waals surface area contributed by atoms with Crippen LogP contribution < -0.4 is 10.6 Å². The third-order valence-electron chi connectivity index (χ3n) is 2.92. The third-order valence-corrected chi connectivity index (χ3v) is 2.92. The summed E-state index contributed by atoms with van der Waals surface area (Å²) in [5.74, 6) is -1.27. The highest BCUT2D eigenvalue weighted by molar-refractivity contribution is 5.83. The van der Waals surface area contributed by atoms with Crippen molar-refractivity contribution in [2.75, 3.05) is 6.61 Å². The summed E-state index contributed by atoms with van der Waals surface area (Å²) in [6.07, 6.45) is 0.640. The van der Waals surface area contributed by atoms with Crippen molar-refractivity contribution in [2.45, 2.75) is 51.0 Å². The van der Waals surface area contributed by atoms with Gasteiger partial charge in [-0.3, -0.25) is 0 Å². The minimum Gasteiger partial charge on any atom is -0.480 e. The molecular formula is C11H20N2O5. The predicted octanol–water partition coefficient (Wildman–Crippen LogP) is -0.313. The molecule has 0 aromatic rings. The number of hydrogen-bond donors (Lipinski definition) is 4. The summed E-state index contributed by atoms with van der Waals surface area (Å²) in [4.78, 5) is 22.4. The number of rotatable bonds is 5. The maximum atomic E-state index is 11.6. The molecule has 0 saturated carbocycles. The normalized spacial score (nSPS) is 24.1. The molecule has 0 bridgehead atoms. The molecule has 7 nitrogen and oxygen atoms in total. The molecule has 2 amide bonds. The lowest BCUT2D eigenvalue weighted by molar-refractivity contribution is -0.141. The largest absolute Gasteiger partial charge is 0.480 e. The number of carbonyl (C=O) groups is 2. The summed E-state index contributed by atoms with van der Waals surface area (Å²) in [7, 11) is 0. The van der Waals surface area contributed by atoms with Crippen molar-refractivity contribution in [2.24, 2.45) is 0 Å². The highest BCUT2D eigenvalue weighted by Crippen LogP contribution is 2.15. The second-order valence-corrected chi connectivity index (χ2v) is 4.51. The van der Waals surface area contributed by atoms with Gasteiger partial charge in [-0.25, -0.2) is 9.59 Å². The lowest BCUT2D eigenvalue weighted by Gasteiger charge is -2.22. The quantitative estimate of drug-likeness (QED) is 0.542. The van der Waals surface area contributed by atoms with Crippen molar-refractivity contribution < 1.29 is 24.5 Å². The van der Waals surface area contributed by atoms with E-state index >= 15 is 0 Å². The molecule has 1 aliphatic heterocycles. The van der Waals surface area contributed by atoms with Crippen LogP contribution in [0.4, 0.5) is 4.79 Å². The first-order chi connectivity index (χ1) is 8.41. The molecule has 1 heterocycles. The average molecular weight is 260 g/mol. The Morgan fingerprint density at radius 2 is 2.00 bits per heavy atom. The maximum Gasteiger partial charge on any atom is 0.328 e. The molecular weight excluding hydrogens is 240 g/mol. The van der Waals surface area contributed by atoms with E-state index in [1.165, 1.54) is 6.92 Å². The zero-order chi connectivity index (χ0) is 13.7. The van der Waals surface area contributed by atoms with Gasteiger partial charge >= 0.3 is 12.0 Å². The monoisotopic (exact) mass is 260 g/mol. The van der Waals surface area contributed by atoms with E-state index in [2.05, 4.69) is 10.6 Å². The lowest BCUT2D eigenvalue weighted by atomic mass is 10.1. The van der Waals surface area contributed by atoms with Crippen molar-refractivity contribution in [3.63, 3.8) is 0 Å². The molecule has 1 aliphatic rings. The van der Waals surface area contributed by atoms with Gasteiger partial charge in [-0.15, -0.1) is 0 Å². The van der Waals surface area contributed by atoms with Gasteiger partial charge in [-0.2, -0.15) is 0 Å². The number of carbonyl (C=O) groups excluding carboxylic acids is 1. The zero-order valence-corrected chi connectivity index (χ0v) is 10.5. The molecule has 0 aromatic carbocycles. The van der Waals surface area contributed by atoms with Gasteiger partial charge in [0.2, 0.25) is 0 Å². The second kappa shape index (κ2) is 6.55. The number of ether oxygens (including phenoxy) is 1. The highest BCUT2D eigenvalue weighted by Gasteiger charge is 2.27. The van der Waals surface area contributed by atoms with Gasteiger partial charge in [-0.05, 0) is 26.7 Å². The van der Waals surface area contributed by atoms with Crippen LogP contribution in [0.25, 0.3) is 0 Å². The molecule has 18 heavy (non-hydrogen) atoms. The van der Waals surface area contributed by atoms with Crippen molar-refractivity contribution in [1.82, 2.24) is 10.6 Å². The van der Waals surface area contributed by atoms with Crippen molar-refractivity contribution in [3.05, 3.63) is 0 Å². The van der Waals surface area contributed by atoms with Crippen LogP contribution >= 0.6 is 0 Å². The van der Waals surface area contributed by atoms with Crippen molar-refractivity contribution in [1.29, 1.82) is 0 Å². The van der Waals surface area contributed by atoms with Crippen LogP contribution in [0.15, 0.2) is 0 Å². The van der Waals surface area contributed by atoms with Crippen molar-refractivity contribution in [3.8, 4) is 0 Å². The number of aliphatic hydroxyl groups excluding tert-OH is 1. The van der Waals surface area contributed by atoms with Crippen LogP contribution in [-0.4, -0.2) is 53.1 Å². The zero-order valence-electron chi connectivity index (χ0n) is 10.5. The van der Waals surface area contributed by atoms with Crippen LogP contribution in [0, 0.1) is 0 Å². The fraction of sp³-hybridized carbons (Fsp3) is 0.818. The fourth-order valence-electron chi connectivity index (χ4n) is 1.87. The first kappa shape index (κ1) is 14.7. The number of carboxylic acid groups (broad SMARTS) is 1. The molecule has 1 rings (SSSR count). The number of carboxylic acids is 1. The van der Waals surface area contributed by atoms with E-state index < -0.39 is 24.1 Å². The molecule has 7 heteroatoms. The summed E-state index contributed by atoms with van der Waals surface area (Å²) in [5.41, 5.74) is 0. The molecule has 104 valence electrons. The molecule has 0 spiro atoms. The molecule has 4 atom stereocenters. The molecule has 0 radical (unpaired) electrons. The molecule has 0 aliphatic carbocycles. The lowest BCUT2D eigenvalue weighted by Crippen LogP contribution is -2.54. The summed E-state index contributed by atoms with van der Waals surface area (Å²) in [6.45, 7) is 3.79. The number of aliphatic carboxylic acids is 1. The smallest absolute Gasteiger partial charge is 0.328 e. The van der Waals surface area contributed by atoms with E-state index in [9.17, 15) is 14.7 Å². The Morgan fingerprint density at radius 3 is 2.44 bits per heavy atom. The van der Waals surface area contributed by atoms with E-state index in [0.717, 1.165) is 12.8 Å². The Labute approximate surface area is 106 Å². The molecule has 1 fully saturated rings. The van der Waals surface area contributed by atoms with Crippen LogP contribution in [0.3, 0.4) is 0 Å². The van der Waals surface area contributed by atoms with E-state index in [1.807, 2.05) is 0 Å². The maximum absolute atomic E-state index is 11.6. The van der Waals surface area contributed by atoms with Gasteiger partial charge in [0.05, 0.1) is 18.2 Å². The number of amides is 2. The Bertz CT molecular complexity index is 302. The summed E-state index contributed by atoms with van der Waals surface area (Å²) >= 11 is 0. The van der Waals surface area contributed by atoms with Crippen LogP contribution in [-0.2, 0) is 9.53 Å². The molecule has 4 N–H and O–H groups in total. The third kappa shape index (κ3) is 4.15. The second-order valence-electron chi connectivity index (χ2n) is 4.51. The van der Waals surface area contributed by atoms with Crippen molar-refractivity contribution >= 4 is 12.0 Å². The Balaban J connectivity index is 2.42. The first-order valence-electron chi connectivity index (χ1n) is 6.01. The van der Waals surface area contributed by atoms with Gasteiger partial charge in [0.25, 0.3) is 0 Å². The molecule has 2 unspecified atom stereocenters. The summed E-state index contributed by atoms with van der Waals surface area (Å²) in [5, 5.41) is 22.9. The number of nitrogens with one attached hydrogen (secondary N) is 2. The van der Waals surface area contributed by atoms with Gasteiger partial charge < -0.3 is 25.6 Å². The standard InChI is InChI=1S/C11H20N2O5/c1-6(8-4-3-5-18-8)12-11(17)13-9(7(2)14)10(15)16/h6-9,14H,3-5H2,1-2H3,(H,15,16)(H2,12,13,17)/t6?,7-,8?,9+/m1/s1. The summed E-state index contributed by atoms with van der Waals surface area (Å²) < 4.78 is 5.41. The van der Waals surface area contributed by atoms with Gasteiger partial charge in [0, 0.05) is 6.61 Å². The van der Waals surface area contributed by atoms with E-state index in [1.54, 1.807) is 6.92 Å². The number of hydrogen-bond acceptors (Lipinski definition) is 4. The Hall–Kier alpha value is -1.34. The minimum absolute atomic E-state index is 0.0365. The topological polar surface area (TPSA) is 108 Å². The van der Waals surface area contributed by atoms with Crippen LogP contribution in [0.2, 0.25) is 0 Å². The molecule has 0 aromatic heterocycles. The molecule has 1 saturated heterocycles. The predicted molar refractivity (Wildman–Crippen MR) is 63.2 cm³/mol. The van der Waals surface area contributed by atoms with Crippen LogP contribution in [0.5, 0.6) is 0 Å². The summed E-state index contributed by atoms with van der Waals surface area (Å²) in [6, 6.07) is -2.14. The highest BCUT2D eigenvalue weighted by atomic mass is 16.5. The SMILES string of the molecule is CC(NC(=O)N[C@H](C(=O)O)[C@@H](C)O)C1CCCO1. The average Bonchev–Trinajstić information content (AvgIpc) is 2.78. The van der Waals surface area contributed by atoms with Gasteiger partial charge in [0.1, 0.15) is 0 Å². The first-order valence-corrected chi connectivity index (χ1v) is 6.01. The van der Waals surface area contributed by atoms with Gasteiger partial charge in [0.15, 0.2) is 6.04 Å². The van der Waals surface area contributed by atoms with E-state index in [4.69, 9.17) is 9.84 Å². The van der Waals surface area contributed by atoms with Crippen LogP contribution in [0.1, 0.15) is 26.7 Å². The van der Waals surface area contributed by atoms with E-state index in [-0.39, 0.29) is 12.1 Å². The Morgan fingerprint density at radius 1 is 1.33 bits per heavy atom. The minimum atomic E-state index is -1.32. The Kier molecular flexibility index (Phi) is 5.36. The number of aliphatic hydroxyl groups is 1. The van der Waals surface area contributed by atoms with E-state index in [0.29, 0.717) is 6.61 Å². The van der Waals surface area contributed by atoms with Gasteiger partial charge in [-0.1, -0.05) is 0 Å². The fourth-order valence-corrected chi connectivity index (χ4v) is 1.87. The number of urea groups is 1.